The Morgan fingerprint density at radius 3 is 2.30 bits per heavy atom. The van der Waals surface area contributed by atoms with Crippen LogP contribution in [0.1, 0.15) is 76.8 Å². The fraction of sp³-hybridized carbons (Fsp3) is 0.667. The first-order valence-corrected chi connectivity index (χ1v) is 14.8. The van der Waals surface area contributed by atoms with Crippen LogP contribution in [0, 0.1) is 11.8 Å². The highest BCUT2D eigenvalue weighted by Crippen LogP contribution is 2.42. The smallest absolute Gasteiger partial charge is 0.410 e. The molecule has 6 rings (SSSR count). The van der Waals surface area contributed by atoms with Gasteiger partial charge in [-0.2, -0.15) is 0 Å². The molecule has 1 aliphatic carbocycles. The predicted molar refractivity (Wildman–Crippen MR) is 150 cm³/mol. The number of piperidine rings is 2. The number of hydrogen-bond donors (Lipinski definition) is 1. The second kappa shape index (κ2) is 10.0. The summed E-state index contributed by atoms with van der Waals surface area (Å²) in [5.74, 6) is 0.746. The number of nitrogens with one attached hydrogen (secondary N) is 1. The number of likely N-dealkylation sites (tertiary alicyclic amines) is 2. The lowest BCUT2D eigenvalue weighted by Gasteiger charge is -2.37. The van der Waals surface area contributed by atoms with Gasteiger partial charge in [0.15, 0.2) is 0 Å². The fourth-order valence-corrected chi connectivity index (χ4v) is 7.65. The van der Waals surface area contributed by atoms with Crippen molar-refractivity contribution in [3.8, 4) is 0 Å². The third-order valence-corrected chi connectivity index (χ3v) is 9.52. The van der Waals surface area contributed by atoms with Gasteiger partial charge in [-0.25, -0.2) is 9.59 Å². The van der Waals surface area contributed by atoms with Crippen LogP contribution in [0.4, 0.5) is 4.79 Å². The van der Waals surface area contributed by atoms with Crippen LogP contribution in [0.3, 0.4) is 0 Å². The lowest BCUT2D eigenvalue weighted by Crippen LogP contribution is -2.44. The van der Waals surface area contributed by atoms with E-state index < -0.39 is 17.6 Å². The van der Waals surface area contributed by atoms with Gasteiger partial charge in [0, 0.05) is 32.6 Å². The maximum Gasteiger partial charge on any atom is 0.410 e. The topological polar surface area (TPSA) is 106 Å². The van der Waals surface area contributed by atoms with E-state index in [1.165, 1.54) is 5.56 Å². The number of amides is 3. The lowest BCUT2D eigenvalue weighted by atomic mass is 9.87. The molecule has 1 aromatic heterocycles. The lowest BCUT2D eigenvalue weighted by molar-refractivity contribution is -0.135. The largest absolute Gasteiger partial charge is 0.444 e. The molecule has 3 unspecified atom stereocenters. The van der Waals surface area contributed by atoms with E-state index in [0.29, 0.717) is 30.2 Å². The number of para-hydroxylation sites is 1. The van der Waals surface area contributed by atoms with E-state index in [2.05, 4.69) is 16.3 Å². The number of imidazole rings is 1. The Morgan fingerprint density at radius 2 is 1.68 bits per heavy atom. The minimum atomic E-state index is -0.668. The predicted octanol–water partition coefficient (Wildman–Crippen LogP) is 3.14. The van der Waals surface area contributed by atoms with E-state index in [-0.39, 0.29) is 24.1 Å². The Kier molecular flexibility index (Phi) is 6.79. The molecule has 216 valence electrons. The SMILES string of the molecule is Cn1c(=O)n(C2CCC(=O)NC2=O)c2cccc(C3CCN(C4CC5CN(C(=O)OC(C)(C)C)CC5C4)CC3)c21. The Hall–Kier alpha value is -3.14. The molecule has 40 heavy (non-hydrogen) atoms. The number of benzene rings is 1. The molecule has 10 heteroatoms. The molecule has 4 aliphatic rings. The van der Waals surface area contributed by atoms with Crippen molar-refractivity contribution in [2.45, 2.75) is 82.9 Å². The van der Waals surface area contributed by atoms with Crippen molar-refractivity contribution in [1.82, 2.24) is 24.3 Å². The number of fused-ring (bicyclic) bond motifs is 2. The van der Waals surface area contributed by atoms with Crippen molar-refractivity contribution in [2.24, 2.45) is 18.9 Å². The molecule has 4 fully saturated rings. The molecule has 3 atom stereocenters. The van der Waals surface area contributed by atoms with Crippen molar-refractivity contribution >= 4 is 28.9 Å². The summed E-state index contributed by atoms with van der Waals surface area (Å²) < 4.78 is 8.85. The number of rotatable bonds is 3. The molecule has 1 N–H and O–H groups in total. The zero-order chi connectivity index (χ0) is 28.3. The van der Waals surface area contributed by atoms with Crippen LogP contribution in [-0.4, -0.2) is 74.7 Å². The monoisotopic (exact) mass is 551 g/mol. The molecule has 3 saturated heterocycles. The van der Waals surface area contributed by atoms with Crippen LogP contribution in [0.25, 0.3) is 11.0 Å². The van der Waals surface area contributed by atoms with Crippen molar-refractivity contribution in [3.05, 3.63) is 34.2 Å². The highest BCUT2D eigenvalue weighted by molar-refractivity contribution is 6.00. The molecule has 3 aliphatic heterocycles. The molecule has 2 aromatic rings. The molecule has 10 nitrogen and oxygen atoms in total. The van der Waals surface area contributed by atoms with Gasteiger partial charge in [-0.05, 0) is 95.3 Å². The number of imide groups is 1. The highest BCUT2D eigenvalue weighted by Gasteiger charge is 2.45. The summed E-state index contributed by atoms with van der Waals surface area (Å²) in [5.41, 5.74) is 2.14. The van der Waals surface area contributed by atoms with Gasteiger partial charge >= 0.3 is 11.8 Å². The van der Waals surface area contributed by atoms with Crippen LogP contribution in [0.5, 0.6) is 0 Å². The highest BCUT2D eigenvalue weighted by atomic mass is 16.6. The van der Waals surface area contributed by atoms with Gasteiger partial charge in [0.05, 0.1) is 11.0 Å². The summed E-state index contributed by atoms with van der Waals surface area (Å²) in [6.07, 6.45) is 4.69. The summed E-state index contributed by atoms with van der Waals surface area (Å²) in [6, 6.07) is 5.92. The molecular formula is C30H41N5O5. The van der Waals surface area contributed by atoms with Crippen molar-refractivity contribution in [3.63, 3.8) is 0 Å². The van der Waals surface area contributed by atoms with Gasteiger partial charge in [0.25, 0.3) is 0 Å². The molecule has 3 amide bonds. The van der Waals surface area contributed by atoms with E-state index in [1.807, 2.05) is 37.8 Å². The van der Waals surface area contributed by atoms with Crippen LogP contribution >= 0.6 is 0 Å². The minimum absolute atomic E-state index is 0.186. The molecule has 1 saturated carbocycles. The summed E-state index contributed by atoms with van der Waals surface area (Å²) in [7, 11) is 1.78. The number of nitrogens with zero attached hydrogens (tertiary/aromatic N) is 4. The second-order valence-electron chi connectivity index (χ2n) is 13.2. The Labute approximate surface area is 234 Å². The second-order valence-corrected chi connectivity index (χ2v) is 13.2. The van der Waals surface area contributed by atoms with Crippen molar-refractivity contribution < 1.29 is 19.1 Å². The zero-order valence-corrected chi connectivity index (χ0v) is 24.0. The van der Waals surface area contributed by atoms with Crippen LogP contribution in [0.15, 0.2) is 23.0 Å². The van der Waals surface area contributed by atoms with Gasteiger partial charge in [-0.15, -0.1) is 0 Å². The van der Waals surface area contributed by atoms with Crippen molar-refractivity contribution in [1.29, 1.82) is 0 Å². The Balaban J connectivity index is 1.12. The summed E-state index contributed by atoms with van der Waals surface area (Å²) >= 11 is 0. The first-order chi connectivity index (χ1) is 19.0. The number of ether oxygens (including phenoxy) is 1. The average molecular weight is 552 g/mol. The fourth-order valence-electron chi connectivity index (χ4n) is 7.65. The van der Waals surface area contributed by atoms with E-state index in [0.717, 1.165) is 62.9 Å². The van der Waals surface area contributed by atoms with Gasteiger partial charge in [0.1, 0.15) is 11.6 Å². The van der Waals surface area contributed by atoms with E-state index in [1.54, 1.807) is 16.2 Å². The maximum absolute atomic E-state index is 13.3. The maximum atomic E-state index is 13.3. The number of carbonyl (C=O) groups excluding carboxylic acids is 3. The first kappa shape index (κ1) is 27.1. The van der Waals surface area contributed by atoms with Crippen LogP contribution in [0.2, 0.25) is 0 Å². The molecule has 4 heterocycles. The van der Waals surface area contributed by atoms with Gasteiger partial charge in [0.2, 0.25) is 11.8 Å². The average Bonchev–Trinajstić information content (AvgIpc) is 3.55. The molecule has 0 radical (unpaired) electrons. The Morgan fingerprint density at radius 1 is 1.00 bits per heavy atom. The van der Waals surface area contributed by atoms with Crippen LogP contribution in [-0.2, 0) is 21.4 Å². The van der Waals surface area contributed by atoms with Gasteiger partial charge in [-0.3, -0.25) is 24.0 Å². The van der Waals surface area contributed by atoms with E-state index >= 15 is 0 Å². The molecular weight excluding hydrogens is 510 g/mol. The standard InChI is InChI=1S/C30H41N5O5/c1-30(2,3)40-29(39)34-16-19-14-21(15-20(19)17-34)33-12-10-18(11-13-33)22-6-5-7-23-26(22)32(4)28(38)35(23)24-8-9-25(36)31-27(24)37/h5-7,18-21,24H,8-17H2,1-4H3,(H,31,36,37). The first-order valence-electron chi connectivity index (χ1n) is 14.8. The van der Waals surface area contributed by atoms with Crippen LogP contribution < -0.4 is 11.0 Å². The third-order valence-electron chi connectivity index (χ3n) is 9.52. The number of aryl methyl sites for hydroxylation is 1. The van der Waals surface area contributed by atoms with E-state index in [9.17, 15) is 19.2 Å². The van der Waals surface area contributed by atoms with Gasteiger partial charge in [-0.1, -0.05) is 12.1 Å². The van der Waals surface area contributed by atoms with Gasteiger partial charge < -0.3 is 14.5 Å². The third kappa shape index (κ3) is 4.84. The number of carbonyl (C=O) groups is 3. The minimum Gasteiger partial charge on any atom is -0.444 e. The molecule has 0 spiro atoms. The summed E-state index contributed by atoms with van der Waals surface area (Å²) in [5, 5.41) is 2.39. The van der Waals surface area contributed by atoms with Crippen molar-refractivity contribution in [2.75, 3.05) is 26.2 Å². The Bertz CT molecular complexity index is 1380. The number of aromatic nitrogens is 2. The van der Waals surface area contributed by atoms with E-state index in [4.69, 9.17) is 4.74 Å². The molecule has 0 bridgehead atoms. The number of hydrogen-bond acceptors (Lipinski definition) is 6. The zero-order valence-electron chi connectivity index (χ0n) is 24.0. The quantitative estimate of drug-likeness (QED) is 0.588. The normalized spacial score (nSPS) is 28.2. The molecule has 1 aromatic carbocycles. The summed E-state index contributed by atoms with van der Waals surface area (Å²) in [4.78, 5) is 54.7. The summed E-state index contributed by atoms with van der Waals surface area (Å²) in [6.45, 7) is 9.37.